The Labute approximate surface area is 153 Å². The lowest BCUT2D eigenvalue weighted by Gasteiger charge is -2.11. The molecule has 0 radical (unpaired) electrons. The number of rotatable bonds is 3. The smallest absolute Gasteiger partial charge is 0.242 e. The van der Waals surface area contributed by atoms with E-state index in [2.05, 4.69) is 11.1 Å². The van der Waals surface area contributed by atoms with Crippen molar-refractivity contribution in [1.29, 1.82) is 5.26 Å². The number of amides is 2. The summed E-state index contributed by atoms with van der Waals surface area (Å²) in [7, 11) is 1.47. The molecule has 1 aromatic carbocycles. The maximum Gasteiger partial charge on any atom is 0.242 e. The number of fused-ring (bicyclic) bond motifs is 1. The highest BCUT2D eigenvalue weighted by atomic mass is 32.2. The van der Waals surface area contributed by atoms with Crippen molar-refractivity contribution in [1.82, 2.24) is 9.88 Å². The van der Waals surface area contributed by atoms with Gasteiger partial charge in [0.25, 0.3) is 0 Å². The van der Waals surface area contributed by atoms with Gasteiger partial charge in [0, 0.05) is 19.0 Å². The third-order valence-electron chi connectivity index (χ3n) is 4.24. The number of nitriles is 1. The number of benzene rings is 1. The van der Waals surface area contributed by atoms with Crippen molar-refractivity contribution in [3.8, 4) is 28.8 Å². The minimum Gasteiger partial charge on any atom is -0.454 e. The molecule has 0 saturated carbocycles. The van der Waals surface area contributed by atoms with Crippen LogP contribution in [0.2, 0.25) is 0 Å². The fraction of sp³-hybridized carbons (Fsp3) is 0.222. The Morgan fingerprint density at radius 3 is 2.77 bits per heavy atom. The van der Waals surface area contributed by atoms with Crippen LogP contribution in [0.15, 0.2) is 35.4 Å². The van der Waals surface area contributed by atoms with Crippen LogP contribution in [-0.4, -0.2) is 40.8 Å². The molecule has 8 heteroatoms. The molecule has 0 N–H and O–H groups in total. The number of thioether (sulfide) groups is 1. The van der Waals surface area contributed by atoms with Crippen LogP contribution in [0.3, 0.4) is 0 Å². The lowest BCUT2D eigenvalue weighted by atomic mass is 10.1. The zero-order valence-corrected chi connectivity index (χ0v) is 14.6. The van der Waals surface area contributed by atoms with Gasteiger partial charge in [0.2, 0.25) is 18.6 Å². The Morgan fingerprint density at radius 1 is 1.23 bits per heavy atom. The second kappa shape index (κ2) is 6.35. The first-order valence-corrected chi connectivity index (χ1v) is 8.73. The molecule has 2 aliphatic heterocycles. The molecular weight excluding hydrogens is 354 g/mol. The highest BCUT2D eigenvalue weighted by Gasteiger charge is 2.37. The van der Waals surface area contributed by atoms with Crippen molar-refractivity contribution in [3.63, 3.8) is 0 Å². The molecule has 0 bridgehead atoms. The van der Waals surface area contributed by atoms with Crippen molar-refractivity contribution in [2.45, 2.75) is 16.7 Å². The summed E-state index contributed by atoms with van der Waals surface area (Å²) in [6, 6.07) is 11.0. The van der Waals surface area contributed by atoms with Gasteiger partial charge in [0.05, 0.1) is 16.5 Å². The van der Waals surface area contributed by atoms with Crippen LogP contribution < -0.4 is 9.47 Å². The molecule has 1 aromatic heterocycles. The molecule has 26 heavy (non-hydrogen) atoms. The molecule has 130 valence electrons. The number of carbonyl (C=O) groups is 2. The number of nitrogens with zero attached hydrogens (tertiary/aromatic N) is 3. The molecule has 1 unspecified atom stereocenters. The van der Waals surface area contributed by atoms with Gasteiger partial charge in [0.1, 0.15) is 11.1 Å². The highest BCUT2D eigenvalue weighted by Crippen LogP contribution is 2.37. The van der Waals surface area contributed by atoms with Crippen molar-refractivity contribution >= 4 is 23.6 Å². The summed E-state index contributed by atoms with van der Waals surface area (Å²) in [6.07, 6.45) is 0.112. The highest BCUT2D eigenvalue weighted by molar-refractivity contribution is 8.00. The summed E-state index contributed by atoms with van der Waals surface area (Å²) in [6.45, 7) is 0.187. The SMILES string of the molecule is CN1C(=O)CC(Sc2nc(-c3ccc4c(c3)OCO4)ccc2C#N)C1=O. The fourth-order valence-corrected chi connectivity index (χ4v) is 3.93. The molecule has 3 heterocycles. The number of aromatic nitrogens is 1. The summed E-state index contributed by atoms with van der Waals surface area (Å²) in [5, 5.41) is 9.23. The van der Waals surface area contributed by atoms with E-state index in [0.717, 1.165) is 22.2 Å². The molecule has 1 saturated heterocycles. The third kappa shape index (κ3) is 2.76. The van der Waals surface area contributed by atoms with E-state index in [9.17, 15) is 14.9 Å². The number of imide groups is 1. The molecular formula is C18H13N3O4S. The number of likely N-dealkylation sites (tertiary alicyclic amines) is 1. The third-order valence-corrected chi connectivity index (χ3v) is 5.43. The van der Waals surface area contributed by atoms with Crippen LogP contribution in [0.1, 0.15) is 12.0 Å². The van der Waals surface area contributed by atoms with Gasteiger partial charge in [-0.2, -0.15) is 5.26 Å². The average molecular weight is 367 g/mol. The number of carbonyl (C=O) groups excluding carboxylic acids is 2. The van der Waals surface area contributed by atoms with E-state index >= 15 is 0 Å². The van der Waals surface area contributed by atoms with Crippen molar-refractivity contribution in [2.24, 2.45) is 0 Å². The van der Waals surface area contributed by atoms with Gasteiger partial charge in [-0.25, -0.2) is 4.98 Å². The van der Waals surface area contributed by atoms with Crippen LogP contribution in [0.5, 0.6) is 11.5 Å². The molecule has 2 aliphatic rings. The van der Waals surface area contributed by atoms with E-state index in [1.807, 2.05) is 12.1 Å². The zero-order valence-electron chi connectivity index (χ0n) is 13.8. The quantitative estimate of drug-likeness (QED) is 0.768. The van der Waals surface area contributed by atoms with E-state index in [1.165, 1.54) is 7.05 Å². The van der Waals surface area contributed by atoms with Crippen molar-refractivity contribution in [2.75, 3.05) is 13.8 Å². The summed E-state index contributed by atoms with van der Waals surface area (Å²) in [5.41, 5.74) is 1.83. The molecule has 4 rings (SSSR count). The first-order valence-electron chi connectivity index (χ1n) is 7.85. The minimum absolute atomic E-state index is 0.112. The van der Waals surface area contributed by atoms with Gasteiger partial charge >= 0.3 is 0 Å². The minimum atomic E-state index is -0.556. The average Bonchev–Trinajstić information content (AvgIpc) is 3.22. The predicted octanol–water partition coefficient (Wildman–Crippen LogP) is 2.20. The molecule has 7 nitrogen and oxygen atoms in total. The number of hydrogen-bond acceptors (Lipinski definition) is 7. The van der Waals surface area contributed by atoms with Crippen molar-refractivity contribution in [3.05, 3.63) is 35.9 Å². The zero-order chi connectivity index (χ0) is 18.3. The molecule has 2 amide bonds. The standard InChI is InChI=1S/C18H13N3O4S/c1-21-16(22)7-15(18(21)23)26-17-11(8-19)2-4-12(20-17)10-3-5-13-14(6-10)25-9-24-13/h2-6,15H,7,9H2,1H3. The van der Waals surface area contributed by atoms with Crippen LogP contribution in [0.25, 0.3) is 11.3 Å². The topological polar surface area (TPSA) is 92.5 Å². The number of ether oxygens (including phenoxy) is 2. The van der Waals surface area contributed by atoms with E-state index < -0.39 is 5.25 Å². The van der Waals surface area contributed by atoms with Crippen LogP contribution in [0, 0.1) is 11.3 Å². The monoisotopic (exact) mass is 367 g/mol. The van der Waals surface area contributed by atoms with Gasteiger partial charge in [0.15, 0.2) is 11.5 Å². The second-order valence-electron chi connectivity index (χ2n) is 5.83. The van der Waals surface area contributed by atoms with Crippen LogP contribution >= 0.6 is 11.8 Å². The van der Waals surface area contributed by atoms with Crippen LogP contribution in [0.4, 0.5) is 0 Å². The first-order chi connectivity index (χ1) is 12.6. The Balaban J connectivity index is 1.67. The number of hydrogen-bond donors (Lipinski definition) is 0. The van der Waals surface area contributed by atoms with Gasteiger partial charge in [-0.05, 0) is 30.3 Å². The van der Waals surface area contributed by atoms with Crippen LogP contribution in [-0.2, 0) is 9.59 Å². The van der Waals surface area contributed by atoms with Crippen molar-refractivity contribution < 1.29 is 19.1 Å². The molecule has 1 fully saturated rings. The summed E-state index contributed by atoms with van der Waals surface area (Å²) < 4.78 is 10.7. The van der Waals surface area contributed by atoms with Gasteiger partial charge < -0.3 is 9.47 Å². The van der Waals surface area contributed by atoms with Gasteiger partial charge in [-0.1, -0.05) is 11.8 Å². The maximum absolute atomic E-state index is 12.1. The second-order valence-corrected chi connectivity index (χ2v) is 7.02. The lowest BCUT2D eigenvalue weighted by molar-refractivity contribution is -0.136. The Kier molecular flexibility index (Phi) is 4.01. The Bertz CT molecular complexity index is 969. The largest absolute Gasteiger partial charge is 0.454 e. The van der Waals surface area contributed by atoms with E-state index in [1.54, 1.807) is 18.2 Å². The van der Waals surface area contributed by atoms with E-state index in [4.69, 9.17) is 9.47 Å². The Hall–Kier alpha value is -3.05. The van der Waals surface area contributed by atoms with Gasteiger partial charge in [-0.15, -0.1) is 0 Å². The summed E-state index contributed by atoms with van der Waals surface area (Å²) >= 11 is 1.15. The van der Waals surface area contributed by atoms with Gasteiger partial charge in [-0.3, -0.25) is 14.5 Å². The molecule has 0 spiro atoms. The predicted molar refractivity (Wildman–Crippen MR) is 92.6 cm³/mol. The molecule has 2 aromatic rings. The normalized spacial score (nSPS) is 18.3. The lowest BCUT2D eigenvalue weighted by Crippen LogP contribution is -2.26. The summed E-state index contributed by atoms with van der Waals surface area (Å²) in [5.74, 6) is 0.827. The Morgan fingerprint density at radius 2 is 2.04 bits per heavy atom. The summed E-state index contributed by atoms with van der Waals surface area (Å²) in [4.78, 5) is 29.5. The van der Waals surface area contributed by atoms with E-state index in [-0.39, 0.29) is 25.0 Å². The molecule has 0 aliphatic carbocycles. The first kappa shape index (κ1) is 16.4. The fourth-order valence-electron chi connectivity index (χ4n) is 2.78. The maximum atomic E-state index is 12.1. The number of pyridine rings is 1. The van der Waals surface area contributed by atoms with E-state index in [0.29, 0.717) is 27.8 Å². The molecule has 1 atom stereocenters.